The molecule has 0 aromatic heterocycles. The number of nitrogens with one attached hydrogen (secondary N) is 2. The van der Waals surface area contributed by atoms with Crippen LogP contribution in [-0.2, 0) is 0 Å². The third-order valence-electron chi connectivity index (χ3n) is 2.76. The Hall–Kier alpha value is -1.84. The van der Waals surface area contributed by atoms with E-state index in [1.165, 1.54) is 0 Å². The molecule has 104 valence electrons. The van der Waals surface area contributed by atoms with Crippen molar-refractivity contribution >= 4 is 11.8 Å². The van der Waals surface area contributed by atoms with Crippen LogP contribution >= 0.6 is 0 Å². The van der Waals surface area contributed by atoms with Crippen molar-refractivity contribution in [2.75, 3.05) is 13.1 Å². The minimum absolute atomic E-state index is 0.0889. The Bertz CT molecular complexity index is 413. The number of hydrogen-bond acceptors (Lipinski definition) is 2. The van der Waals surface area contributed by atoms with E-state index in [0.717, 1.165) is 19.3 Å². The lowest BCUT2D eigenvalue weighted by Gasteiger charge is -2.06. The van der Waals surface area contributed by atoms with Crippen LogP contribution in [0.5, 0.6) is 0 Å². The lowest BCUT2D eigenvalue weighted by Crippen LogP contribution is -2.25. The summed E-state index contributed by atoms with van der Waals surface area (Å²) >= 11 is 0. The second-order valence-corrected chi connectivity index (χ2v) is 4.44. The van der Waals surface area contributed by atoms with Crippen molar-refractivity contribution in [2.24, 2.45) is 0 Å². The molecule has 2 N–H and O–H groups in total. The van der Waals surface area contributed by atoms with Crippen LogP contribution in [0, 0.1) is 0 Å². The highest BCUT2D eigenvalue weighted by Crippen LogP contribution is 2.04. The first-order valence-corrected chi connectivity index (χ1v) is 6.85. The van der Waals surface area contributed by atoms with Gasteiger partial charge < -0.3 is 10.6 Å². The molecule has 0 atom stereocenters. The molecule has 4 heteroatoms. The number of carbonyl (C=O) groups excluding carboxylic acids is 2. The van der Waals surface area contributed by atoms with Gasteiger partial charge in [-0.15, -0.1) is 0 Å². The molecular weight excluding hydrogens is 240 g/mol. The molecule has 1 aromatic carbocycles. The van der Waals surface area contributed by atoms with Crippen LogP contribution in [0.4, 0.5) is 0 Å². The molecule has 0 unspecified atom stereocenters. The highest BCUT2D eigenvalue weighted by Gasteiger charge is 2.07. The summed E-state index contributed by atoms with van der Waals surface area (Å²) in [4.78, 5) is 23.4. The Balaban J connectivity index is 2.55. The van der Waals surface area contributed by atoms with Gasteiger partial charge in [0.05, 0.1) is 0 Å². The fourth-order valence-electron chi connectivity index (χ4n) is 1.59. The lowest BCUT2D eigenvalue weighted by molar-refractivity contribution is 0.0941. The minimum atomic E-state index is -0.0974. The molecule has 0 aliphatic carbocycles. The third-order valence-corrected chi connectivity index (χ3v) is 2.76. The number of carbonyl (C=O) groups is 2. The smallest absolute Gasteiger partial charge is 0.251 e. The second-order valence-electron chi connectivity index (χ2n) is 4.44. The Labute approximate surface area is 114 Å². The van der Waals surface area contributed by atoms with Crippen LogP contribution in [0.3, 0.4) is 0 Å². The normalized spacial score (nSPS) is 10.0. The number of hydrogen-bond donors (Lipinski definition) is 2. The van der Waals surface area contributed by atoms with Gasteiger partial charge in [0, 0.05) is 24.2 Å². The van der Waals surface area contributed by atoms with Crippen LogP contribution in [0.2, 0.25) is 0 Å². The predicted octanol–water partition coefficient (Wildman–Crippen LogP) is 2.36. The van der Waals surface area contributed by atoms with E-state index < -0.39 is 0 Å². The summed E-state index contributed by atoms with van der Waals surface area (Å²) in [5, 5.41) is 5.64. The van der Waals surface area contributed by atoms with Crippen LogP contribution < -0.4 is 10.6 Å². The van der Waals surface area contributed by atoms with Crippen molar-refractivity contribution in [3.8, 4) is 0 Å². The summed E-state index contributed by atoms with van der Waals surface area (Å²) < 4.78 is 0. The summed E-state index contributed by atoms with van der Waals surface area (Å²) in [5.41, 5.74) is 1.17. The Morgan fingerprint density at radius 2 is 1.32 bits per heavy atom. The van der Waals surface area contributed by atoms with Crippen LogP contribution in [0.1, 0.15) is 53.8 Å². The molecule has 0 saturated carbocycles. The van der Waals surface area contributed by atoms with Gasteiger partial charge in [-0.05, 0) is 37.1 Å². The van der Waals surface area contributed by atoms with Gasteiger partial charge in [0.25, 0.3) is 11.8 Å². The van der Waals surface area contributed by atoms with Crippen molar-refractivity contribution < 1.29 is 9.59 Å². The molecule has 0 aliphatic rings. The van der Waals surface area contributed by atoms with E-state index >= 15 is 0 Å². The molecular formula is C15H22N2O2. The molecule has 0 spiro atoms. The molecule has 0 saturated heterocycles. The molecule has 1 aromatic rings. The average Bonchev–Trinajstić information content (AvgIpc) is 2.45. The maximum Gasteiger partial charge on any atom is 0.251 e. The molecule has 19 heavy (non-hydrogen) atoms. The summed E-state index contributed by atoms with van der Waals surface area (Å²) in [6.45, 7) is 5.44. The lowest BCUT2D eigenvalue weighted by atomic mass is 10.1. The predicted molar refractivity (Wildman–Crippen MR) is 76.3 cm³/mol. The van der Waals surface area contributed by atoms with Gasteiger partial charge in [0.1, 0.15) is 0 Å². The zero-order chi connectivity index (χ0) is 14.1. The summed E-state index contributed by atoms with van der Waals surface area (Å²) in [7, 11) is 0. The SMILES string of the molecule is CCCCNC(=O)c1ccc(C(=O)NCCC)cc1. The van der Waals surface area contributed by atoms with Crippen molar-refractivity contribution in [2.45, 2.75) is 33.1 Å². The monoisotopic (exact) mass is 262 g/mol. The van der Waals surface area contributed by atoms with E-state index in [9.17, 15) is 9.59 Å². The van der Waals surface area contributed by atoms with E-state index in [-0.39, 0.29) is 11.8 Å². The van der Waals surface area contributed by atoms with Crippen molar-refractivity contribution in [1.82, 2.24) is 10.6 Å². The quantitative estimate of drug-likeness (QED) is 0.741. The fourth-order valence-corrected chi connectivity index (χ4v) is 1.59. The maximum atomic E-state index is 11.8. The Morgan fingerprint density at radius 1 is 0.842 bits per heavy atom. The number of benzene rings is 1. The second kappa shape index (κ2) is 8.29. The molecule has 2 amide bonds. The van der Waals surface area contributed by atoms with E-state index in [1.54, 1.807) is 24.3 Å². The Morgan fingerprint density at radius 3 is 1.74 bits per heavy atom. The third kappa shape index (κ3) is 5.12. The minimum Gasteiger partial charge on any atom is -0.352 e. The molecule has 1 rings (SSSR count). The van der Waals surface area contributed by atoms with E-state index in [1.807, 2.05) is 6.92 Å². The average molecular weight is 262 g/mol. The van der Waals surface area contributed by atoms with Gasteiger partial charge in [-0.3, -0.25) is 9.59 Å². The van der Waals surface area contributed by atoms with Crippen LogP contribution in [-0.4, -0.2) is 24.9 Å². The summed E-state index contributed by atoms with van der Waals surface area (Å²) in [6, 6.07) is 6.73. The maximum absolute atomic E-state index is 11.8. The zero-order valence-corrected chi connectivity index (χ0v) is 11.7. The molecule has 0 heterocycles. The fraction of sp³-hybridized carbons (Fsp3) is 0.467. The number of unbranched alkanes of at least 4 members (excludes halogenated alkanes) is 1. The summed E-state index contributed by atoms with van der Waals surface area (Å²) in [5.74, 6) is -0.186. The molecule has 0 fully saturated rings. The molecule has 0 bridgehead atoms. The van der Waals surface area contributed by atoms with Crippen LogP contribution in [0.25, 0.3) is 0 Å². The van der Waals surface area contributed by atoms with Crippen molar-refractivity contribution in [3.63, 3.8) is 0 Å². The van der Waals surface area contributed by atoms with Crippen LogP contribution in [0.15, 0.2) is 24.3 Å². The van der Waals surface area contributed by atoms with Gasteiger partial charge in [-0.1, -0.05) is 20.3 Å². The zero-order valence-electron chi connectivity index (χ0n) is 11.7. The van der Waals surface area contributed by atoms with Gasteiger partial charge in [-0.25, -0.2) is 0 Å². The van der Waals surface area contributed by atoms with E-state index in [0.29, 0.717) is 24.2 Å². The Kier molecular flexibility index (Phi) is 6.64. The number of amides is 2. The standard InChI is InChI=1S/C15H22N2O2/c1-3-5-11-17-15(19)13-8-6-12(7-9-13)14(18)16-10-4-2/h6-9H,3-5,10-11H2,1-2H3,(H,16,18)(H,17,19). The largest absolute Gasteiger partial charge is 0.352 e. The first kappa shape index (κ1) is 15.2. The van der Waals surface area contributed by atoms with Gasteiger partial charge in [-0.2, -0.15) is 0 Å². The van der Waals surface area contributed by atoms with E-state index in [4.69, 9.17) is 0 Å². The van der Waals surface area contributed by atoms with Crippen molar-refractivity contribution in [1.29, 1.82) is 0 Å². The highest BCUT2D eigenvalue weighted by molar-refractivity contribution is 5.97. The highest BCUT2D eigenvalue weighted by atomic mass is 16.2. The summed E-state index contributed by atoms with van der Waals surface area (Å²) in [6.07, 6.45) is 2.93. The van der Waals surface area contributed by atoms with E-state index in [2.05, 4.69) is 17.6 Å². The molecule has 0 aliphatic heterocycles. The van der Waals surface area contributed by atoms with Crippen molar-refractivity contribution in [3.05, 3.63) is 35.4 Å². The van der Waals surface area contributed by atoms with Gasteiger partial charge in [0.15, 0.2) is 0 Å². The molecule has 4 nitrogen and oxygen atoms in total. The number of rotatable bonds is 7. The van der Waals surface area contributed by atoms with Gasteiger partial charge in [0.2, 0.25) is 0 Å². The molecule has 0 radical (unpaired) electrons. The topological polar surface area (TPSA) is 58.2 Å². The van der Waals surface area contributed by atoms with Gasteiger partial charge >= 0.3 is 0 Å². The first-order valence-electron chi connectivity index (χ1n) is 6.85. The first-order chi connectivity index (χ1) is 9.19.